The van der Waals surface area contributed by atoms with Gasteiger partial charge in [-0.25, -0.2) is 13.4 Å². The molecule has 1 aromatic heterocycles. The number of sulfone groups is 1. The third kappa shape index (κ3) is 7.72. The smallest absolute Gasteiger partial charge is 0.229 e. The van der Waals surface area contributed by atoms with E-state index in [4.69, 9.17) is 26.1 Å². The summed E-state index contributed by atoms with van der Waals surface area (Å²) in [5.41, 5.74) is 5.03. The summed E-state index contributed by atoms with van der Waals surface area (Å²) in [7, 11) is -3.55. The molecule has 0 spiro atoms. The highest BCUT2D eigenvalue weighted by Gasteiger charge is 2.45. The van der Waals surface area contributed by atoms with E-state index < -0.39 is 15.1 Å². The van der Waals surface area contributed by atoms with Crippen LogP contribution in [-0.4, -0.2) is 66.0 Å². The minimum Gasteiger partial charge on any atom is -0.489 e. The average molecular weight is 748 g/mol. The summed E-state index contributed by atoms with van der Waals surface area (Å²) in [5.74, 6) is 2.83. The molecule has 0 amide bonds. The van der Waals surface area contributed by atoms with Gasteiger partial charge >= 0.3 is 0 Å². The number of anilines is 4. The number of nitrogens with zero attached hydrogens (tertiary/aromatic N) is 3. The Labute approximate surface area is 314 Å². The summed E-state index contributed by atoms with van der Waals surface area (Å²) in [6, 6.07) is 12.8. The Hall–Kier alpha value is -3.18. The van der Waals surface area contributed by atoms with E-state index in [1.54, 1.807) is 38.1 Å². The van der Waals surface area contributed by atoms with E-state index >= 15 is 0 Å². The molecule has 2 aliphatic heterocycles. The summed E-state index contributed by atoms with van der Waals surface area (Å²) in [4.78, 5) is 12.3. The first kappa shape index (κ1) is 37.1. The van der Waals surface area contributed by atoms with Crippen molar-refractivity contribution in [1.82, 2.24) is 14.9 Å². The van der Waals surface area contributed by atoms with E-state index in [0.29, 0.717) is 35.6 Å². The summed E-state index contributed by atoms with van der Waals surface area (Å²) >= 11 is 6.56. The summed E-state index contributed by atoms with van der Waals surface area (Å²) in [5, 5.41) is 6.25. The molecule has 9 nitrogen and oxygen atoms in total. The van der Waals surface area contributed by atoms with Crippen LogP contribution in [-0.2, 0) is 14.6 Å². The predicted molar refractivity (Wildman–Crippen MR) is 210 cm³/mol. The third-order valence-electron chi connectivity index (χ3n) is 11.6. The molecule has 2 saturated carbocycles. The van der Waals surface area contributed by atoms with Crippen LogP contribution < -0.4 is 15.4 Å². The van der Waals surface area contributed by atoms with Gasteiger partial charge in [0, 0.05) is 31.3 Å². The maximum atomic E-state index is 13.1. The number of hydrogen-bond acceptors (Lipinski definition) is 9. The number of halogens is 1. The molecule has 3 fully saturated rings. The molecule has 7 rings (SSSR count). The van der Waals surface area contributed by atoms with Crippen molar-refractivity contribution in [3.8, 4) is 5.75 Å². The van der Waals surface area contributed by atoms with Crippen molar-refractivity contribution in [2.75, 3.05) is 23.8 Å². The molecule has 11 heteroatoms. The van der Waals surface area contributed by atoms with Gasteiger partial charge in [0.05, 0.1) is 33.8 Å². The van der Waals surface area contributed by atoms with Crippen LogP contribution in [0.5, 0.6) is 5.75 Å². The number of para-hydroxylation sites is 1. The van der Waals surface area contributed by atoms with Crippen molar-refractivity contribution >= 4 is 50.2 Å². The standard InChI is InChI=1S/C41H54ClN5O4S/c1-25(2)51-38-23-32(30-21-36(28-10-8-11-28)47(31-16-18-50-19-17-31)37(22-30)29-12-9-13-29)27(5)20-35(38)45-41-43-24-33(42)40(46-41)44-34-14-6-7-15-39(34)52(48,49)26(3)4/h6-7,14-15,20-21,23-26,28-29,31,36-37H,8-13,16-19,22H2,1-5H3,(H2,43,44,45,46)/t36-,37-/m1/s1. The number of nitrogens with one attached hydrogen (secondary N) is 2. The Morgan fingerprint density at radius 2 is 1.65 bits per heavy atom. The molecule has 52 heavy (non-hydrogen) atoms. The van der Waals surface area contributed by atoms with E-state index in [-0.39, 0.29) is 16.0 Å². The van der Waals surface area contributed by atoms with Gasteiger partial charge in [-0.3, -0.25) is 4.90 Å². The zero-order chi connectivity index (χ0) is 36.6. The van der Waals surface area contributed by atoms with Gasteiger partial charge in [-0.15, -0.1) is 0 Å². The van der Waals surface area contributed by atoms with E-state index in [0.717, 1.165) is 55.7 Å². The highest BCUT2D eigenvalue weighted by Crippen LogP contribution is 2.48. The normalized spacial score (nSPS) is 22.2. The van der Waals surface area contributed by atoms with Crippen LogP contribution in [0, 0.1) is 18.8 Å². The van der Waals surface area contributed by atoms with Gasteiger partial charge < -0.3 is 20.1 Å². The molecule has 2 aromatic carbocycles. The predicted octanol–water partition coefficient (Wildman–Crippen LogP) is 9.50. The molecule has 2 atom stereocenters. The lowest BCUT2D eigenvalue weighted by Gasteiger charge is -2.54. The second-order valence-electron chi connectivity index (χ2n) is 15.7. The van der Waals surface area contributed by atoms with Crippen molar-refractivity contribution in [3.05, 3.63) is 64.8 Å². The van der Waals surface area contributed by atoms with Gasteiger partial charge in [-0.2, -0.15) is 4.98 Å². The highest BCUT2D eigenvalue weighted by molar-refractivity contribution is 7.92. The Morgan fingerprint density at radius 3 is 2.31 bits per heavy atom. The first-order valence-electron chi connectivity index (χ1n) is 19.3. The monoisotopic (exact) mass is 747 g/mol. The Kier molecular flexibility index (Phi) is 11.2. The third-order valence-corrected chi connectivity index (χ3v) is 14.0. The van der Waals surface area contributed by atoms with Gasteiger partial charge in [0.2, 0.25) is 5.95 Å². The van der Waals surface area contributed by atoms with E-state index in [9.17, 15) is 8.42 Å². The lowest BCUT2D eigenvalue weighted by molar-refractivity contribution is -0.0431. The number of benzene rings is 2. The van der Waals surface area contributed by atoms with Gasteiger partial charge in [-0.05, 0) is 132 Å². The lowest BCUT2D eigenvalue weighted by atomic mass is 9.69. The van der Waals surface area contributed by atoms with Gasteiger partial charge in [0.25, 0.3) is 0 Å². The van der Waals surface area contributed by atoms with Crippen LogP contribution in [0.4, 0.5) is 23.1 Å². The second-order valence-corrected chi connectivity index (χ2v) is 18.6. The molecule has 280 valence electrons. The van der Waals surface area contributed by atoms with Gasteiger partial charge in [0.1, 0.15) is 10.8 Å². The zero-order valence-electron chi connectivity index (χ0n) is 31.2. The molecular weight excluding hydrogens is 694 g/mol. The van der Waals surface area contributed by atoms with Crippen LogP contribution in [0.15, 0.2) is 53.6 Å². The number of ether oxygens (including phenoxy) is 2. The SMILES string of the molecule is Cc1cc(Nc2ncc(Cl)c(Nc3ccccc3S(=O)(=O)C(C)C)n2)c(OC(C)C)cc1C1=C[C@H](C2CCC2)N(C2CCOCC2)[C@@H](C2CCC2)C1. The van der Waals surface area contributed by atoms with E-state index in [1.165, 1.54) is 61.4 Å². The number of aryl methyl sites for hydroxylation is 1. The molecule has 0 radical (unpaired) electrons. The van der Waals surface area contributed by atoms with Gasteiger partial charge in [-0.1, -0.05) is 42.7 Å². The molecule has 3 heterocycles. The molecule has 0 unspecified atom stereocenters. The maximum absolute atomic E-state index is 13.1. The quantitative estimate of drug-likeness (QED) is 0.187. The Bertz CT molecular complexity index is 1890. The van der Waals surface area contributed by atoms with Crippen LogP contribution >= 0.6 is 11.6 Å². The Morgan fingerprint density at radius 1 is 0.942 bits per heavy atom. The van der Waals surface area contributed by atoms with Gasteiger partial charge in [0.15, 0.2) is 15.7 Å². The largest absolute Gasteiger partial charge is 0.489 e. The molecule has 0 bridgehead atoms. The first-order chi connectivity index (χ1) is 25.0. The maximum Gasteiger partial charge on any atom is 0.229 e. The topological polar surface area (TPSA) is 106 Å². The Balaban J connectivity index is 1.21. The molecule has 2 aliphatic carbocycles. The fraction of sp³-hybridized carbons (Fsp3) is 0.561. The van der Waals surface area contributed by atoms with E-state index in [2.05, 4.69) is 45.6 Å². The lowest BCUT2D eigenvalue weighted by Crippen LogP contribution is -2.58. The fourth-order valence-electron chi connectivity index (χ4n) is 8.32. The zero-order valence-corrected chi connectivity index (χ0v) is 32.8. The number of aromatic nitrogens is 2. The molecular formula is C41H54ClN5O4S. The first-order valence-corrected chi connectivity index (χ1v) is 21.2. The highest BCUT2D eigenvalue weighted by atomic mass is 35.5. The minimum atomic E-state index is -3.55. The van der Waals surface area contributed by atoms with E-state index in [1.807, 2.05) is 13.8 Å². The van der Waals surface area contributed by atoms with Crippen LogP contribution in [0.1, 0.15) is 96.6 Å². The molecule has 2 N–H and O–H groups in total. The summed E-state index contributed by atoms with van der Waals surface area (Å²) in [6.45, 7) is 11.3. The average Bonchev–Trinajstić information content (AvgIpc) is 3.06. The number of hydrogen-bond donors (Lipinski definition) is 2. The molecule has 4 aliphatic rings. The van der Waals surface area contributed by atoms with Crippen LogP contribution in [0.2, 0.25) is 5.02 Å². The summed E-state index contributed by atoms with van der Waals surface area (Å²) < 4.78 is 38.5. The van der Waals surface area contributed by atoms with Crippen LogP contribution in [0.3, 0.4) is 0 Å². The minimum absolute atomic E-state index is 0.0475. The van der Waals surface area contributed by atoms with Crippen molar-refractivity contribution < 1.29 is 17.9 Å². The van der Waals surface area contributed by atoms with Crippen LogP contribution in [0.25, 0.3) is 5.57 Å². The van der Waals surface area contributed by atoms with Crippen molar-refractivity contribution in [2.24, 2.45) is 11.8 Å². The number of rotatable bonds is 12. The summed E-state index contributed by atoms with van der Waals surface area (Å²) in [6.07, 6.45) is 15.4. The van der Waals surface area contributed by atoms with Crippen molar-refractivity contribution in [1.29, 1.82) is 0 Å². The van der Waals surface area contributed by atoms with Crippen molar-refractivity contribution in [3.63, 3.8) is 0 Å². The second kappa shape index (κ2) is 15.7. The molecule has 1 saturated heterocycles. The van der Waals surface area contributed by atoms with Crippen molar-refractivity contribution in [2.45, 2.75) is 127 Å². The molecule has 3 aromatic rings. The fourth-order valence-corrected chi connectivity index (χ4v) is 9.66.